The van der Waals surface area contributed by atoms with Crippen molar-refractivity contribution in [3.63, 3.8) is 0 Å². The zero-order valence-electron chi connectivity index (χ0n) is 51.1. The Morgan fingerprint density at radius 2 is 0.956 bits per heavy atom. The number of fused-ring (bicyclic) bond motifs is 12. The number of nitrogens with one attached hydrogen (secondary N) is 5. The second-order valence-electron chi connectivity index (χ2n) is 24.8. The highest BCUT2D eigenvalue weighted by molar-refractivity contribution is 5.96. The summed E-state index contributed by atoms with van der Waals surface area (Å²) in [7, 11) is 3.48. The zero-order chi connectivity index (χ0) is 64.2. The predicted octanol–water partition coefficient (Wildman–Crippen LogP) is 8.38. The Morgan fingerprint density at radius 1 is 0.495 bits per heavy atom. The highest BCUT2D eigenvalue weighted by atomic mass is 17.2. The molecule has 12 unspecified atom stereocenters. The smallest absolute Gasteiger partial charge is 0.364 e. The zero-order valence-corrected chi connectivity index (χ0v) is 51.1. The fraction of sp³-hybridized carbons (Fsp3) is 0.420. The van der Waals surface area contributed by atoms with Gasteiger partial charge < -0.3 is 61.7 Å². The van der Waals surface area contributed by atoms with Crippen LogP contribution in [0.1, 0.15) is 139 Å². The summed E-state index contributed by atoms with van der Waals surface area (Å²) in [5.74, 6) is -3.31. The summed E-state index contributed by atoms with van der Waals surface area (Å²) in [5.41, 5.74) is 7.82. The summed E-state index contributed by atoms with van der Waals surface area (Å²) in [5, 5.41) is 53.6. The number of carboxylic acids is 4. The van der Waals surface area contributed by atoms with Crippen LogP contribution in [0.4, 0.5) is 22.7 Å². The minimum Gasteiger partial charge on any atom is -0.478 e. The number of nitrogens with zero attached hydrogens (tertiary/aromatic N) is 3. The number of piperazine rings is 1. The molecule has 12 atom stereocenters. The Kier molecular flexibility index (Phi) is 19.1. The quantitative estimate of drug-likeness (QED) is 0.0409. The van der Waals surface area contributed by atoms with Crippen molar-refractivity contribution in [3.8, 4) is 0 Å². The number of likely N-dealkylation sites (tertiary alicyclic amines) is 1. The van der Waals surface area contributed by atoms with Gasteiger partial charge in [-0.25, -0.2) is 24.0 Å². The van der Waals surface area contributed by atoms with Gasteiger partial charge >= 0.3 is 29.8 Å². The molecule has 0 radical (unpaired) electrons. The van der Waals surface area contributed by atoms with E-state index in [0.29, 0.717) is 23.2 Å². The molecular formula is C69H78N8O14. The van der Waals surface area contributed by atoms with Gasteiger partial charge in [0.2, 0.25) is 17.7 Å². The highest BCUT2D eigenvalue weighted by Crippen LogP contribution is 2.50. The van der Waals surface area contributed by atoms with E-state index in [1.165, 1.54) is 6.42 Å². The van der Waals surface area contributed by atoms with E-state index >= 15 is 0 Å². The third-order valence-electron chi connectivity index (χ3n) is 19.3. The predicted molar refractivity (Wildman–Crippen MR) is 339 cm³/mol. The number of hydrogen-bond acceptors (Lipinski definition) is 15. The van der Waals surface area contributed by atoms with Gasteiger partial charge in [-0.1, -0.05) is 66.8 Å². The van der Waals surface area contributed by atoms with Crippen LogP contribution < -0.4 is 26.6 Å². The number of likely N-dealkylation sites (N-methyl/N-ethyl adjacent to an activating group) is 1. The number of anilines is 4. The topological polar surface area (TPSA) is 306 Å². The van der Waals surface area contributed by atoms with E-state index in [1.807, 2.05) is 34.1 Å². The molecule has 10 aliphatic rings. The maximum atomic E-state index is 13.0. The van der Waals surface area contributed by atoms with Crippen LogP contribution in [0.2, 0.25) is 0 Å². The molecule has 0 spiro atoms. The molecule has 0 aromatic heterocycles. The Balaban J connectivity index is 0.000000125. The van der Waals surface area contributed by atoms with Gasteiger partial charge in [0, 0.05) is 123 Å². The minimum absolute atomic E-state index is 0.00675. The number of carbonyl (C=O) groups excluding carboxylic acids is 4. The fourth-order valence-electron chi connectivity index (χ4n) is 14.9. The number of carboxylic acid groups (broad SMARTS) is 4. The maximum Gasteiger partial charge on any atom is 0.364 e. The molecule has 9 N–H and O–H groups in total. The number of allylic oxidation sites excluding steroid dienone is 8. The molecule has 4 aromatic carbocycles. The van der Waals surface area contributed by atoms with Gasteiger partial charge in [-0.3, -0.25) is 19.3 Å². The van der Waals surface area contributed by atoms with Crippen LogP contribution in [-0.4, -0.2) is 167 Å². The molecule has 0 saturated carbocycles. The van der Waals surface area contributed by atoms with E-state index in [-0.39, 0.29) is 101 Å². The summed E-state index contributed by atoms with van der Waals surface area (Å²) in [6, 6.07) is 19.2. The molecule has 91 heavy (non-hydrogen) atoms. The minimum atomic E-state index is -0.965. The van der Waals surface area contributed by atoms with Crippen molar-refractivity contribution in [2.45, 2.75) is 99.7 Å². The van der Waals surface area contributed by atoms with Crippen molar-refractivity contribution < 1.29 is 68.6 Å². The number of piperidine rings is 1. The Morgan fingerprint density at radius 3 is 1.49 bits per heavy atom. The molecule has 2 fully saturated rings. The van der Waals surface area contributed by atoms with Gasteiger partial charge in [0.15, 0.2) is 0 Å². The first-order valence-electron chi connectivity index (χ1n) is 31.5. The van der Waals surface area contributed by atoms with E-state index < -0.39 is 35.9 Å². The number of carbonyl (C=O) groups is 8. The lowest BCUT2D eigenvalue weighted by Crippen LogP contribution is -2.54. The van der Waals surface area contributed by atoms with E-state index in [9.17, 15) is 53.7 Å². The molecule has 4 aliphatic carbocycles. The lowest BCUT2D eigenvalue weighted by atomic mass is 9.77. The molecular weight excluding hydrogens is 1160 g/mol. The Labute approximate surface area is 527 Å². The molecule has 3 amide bonds. The largest absolute Gasteiger partial charge is 0.478 e. The second-order valence-corrected chi connectivity index (χ2v) is 24.8. The average molecular weight is 1240 g/mol. The van der Waals surface area contributed by atoms with Crippen molar-refractivity contribution in [2.75, 3.05) is 81.2 Å². The lowest BCUT2D eigenvalue weighted by molar-refractivity contribution is -0.271. The van der Waals surface area contributed by atoms with Crippen molar-refractivity contribution in [1.82, 2.24) is 20.0 Å². The first-order valence-corrected chi connectivity index (χ1v) is 31.5. The van der Waals surface area contributed by atoms with E-state index in [1.54, 1.807) is 86.6 Å². The van der Waals surface area contributed by atoms with E-state index in [2.05, 4.69) is 63.0 Å². The molecule has 6 heterocycles. The summed E-state index contributed by atoms with van der Waals surface area (Å²) in [6.07, 6.45) is 23.1. The SMILES string of the molecule is CCOOC(=O)C1Nc2cccc(C(=O)O)c2C2C=CCC12.CN(C)C(=O)C1Nc2cc(C(=O)O)ccc2C2C=CCC12.O=C(O)c1ccc2c(c1)C1C=CCC1C(C(=O)N1CCNCC1)N2.O=C(O)c1cccc2c1C1C=CCC1C(C(=O)N1CCCCC1)N2. The summed E-state index contributed by atoms with van der Waals surface area (Å²) < 4.78 is 0. The number of benzene rings is 4. The summed E-state index contributed by atoms with van der Waals surface area (Å²) in [6.45, 7) is 6.85. The highest BCUT2D eigenvalue weighted by Gasteiger charge is 2.47. The molecule has 0 bridgehead atoms. The summed E-state index contributed by atoms with van der Waals surface area (Å²) in [4.78, 5) is 111. The van der Waals surface area contributed by atoms with Crippen molar-refractivity contribution >= 4 is 70.3 Å². The van der Waals surface area contributed by atoms with Gasteiger partial charge in [-0.2, -0.15) is 4.89 Å². The number of rotatable bonds is 10. The van der Waals surface area contributed by atoms with Crippen LogP contribution in [0.15, 0.2) is 121 Å². The molecule has 22 nitrogen and oxygen atoms in total. The third-order valence-corrected chi connectivity index (χ3v) is 19.3. The van der Waals surface area contributed by atoms with Crippen LogP contribution >= 0.6 is 0 Å². The van der Waals surface area contributed by atoms with Gasteiger partial charge in [-0.05, 0) is 129 Å². The maximum absolute atomic E-state index is 13.0. The number of aromatic carboxylic acids is 4. The molecule has 6 aliphatic heterocycles. The first kappa shape index (κ1) is 63.3. The van der Waals surface area contributed by atoms with Crippen LogP contribution in [0, 0.1) is 23.7 Å². The summed E-state index contributed by atoms with van der Waals surface area (Å²) >= 11 is 0. The Bertz CT molecular complexity index is 3620. The first-order chi connectivity index (χ1) is 43.9. The van der Waals surface area contributed by atoms with Gasteiger partial charge in [0.1, 0.15) is 24.2 Å². The van der Waals surface area contributed by atoms with Crippen molar-refractivity contribution in [2.24, 2.45) is 23.7 Å². The standard InChI is InChI=1S/C19H22N2O3.C18H21N3O3.C16H18N2O3.C16H17NO5/c22-18(21-10-2-1-3-11-21)17-13-7-4-6-12(13)16-14(19(23)24)8-5-9-15(16)20-17;22-17(21-8-6-19-7-9-21)16-13-3-1-2-12(13)14-10-11(18(23)24)4-5-15(14)20-16;1-18(2)15(19)14-12-5-3-4-10(12)11-7-6-9(16(20)21)8-13(11)17-14;1-2-21-22-16(20)14-10-6-3-5-9(10)13-11(15(18)19)7-4-8-12(13)17-14/h4-6,8-9,12-13,17,20H,1-3,7,10-11H2,(H,23,24);1-2,4-5,10,12-13,16,19-20H,3,6-9H2,(H,23,24);3-4,6-8,10,12,14,17H,5H2,1-2H3,(H,20,21);3-5,7-10,14,17H,2,6H2,1H3,(H,18,19). The molecule has 2 saturated heterocycles. The van der Waals surface area contributed by atoms with Gasteiger partial charge in [0.25, 0.3) is 0 Å². The van der Waals surface area contributed by atoms with E-state index in [0.717, 1.165) is 111 Å². The van der Waals surface area contributed by atoms with Crippen LogP contribution in [0.25, 0.3) is 0 Å². The molecule has 4 aromatic rings. The Hall–Kier alpha value is -9.28. The fourth-order valence-corrected chi connectivity index (χ4v) is 14.9. The van der Waals surface area contributed by atoms with Crippen molar-refractivity contribution in [1.29, 1.82) is 0 Å². The van der Waals surface area contributed by atoms with Crippen molar-refractivity contribution in [3.05, 3.63) is 166 Å². The molecule has 22 heteroatoms. The van der Waals surface area contributed by atoms with E-state index in [4.69, 9.17) is 14.9 Å². The van der Waals surface area contributed by atoms with Gasteiger partial charge in [-0.15, -0.1) is 0 Å². The van der Waals surface area contributed by atoms with Crippen LogP contribution in [0.3, 0.4) is 0 Å². The normalized spacial score (nSPS) is 26.8. The second kappa shape index (κ2) is 27.4. The molecule has 478 valence electrons. The van der Waals surface area contributed by atoms with Crippen LogP contribution in [-0.2, 0) is 29.0 Å². The lowest BCUT2D eigenvalue weighted by Gasteiger charge is -2.40. The van der Waals surface area contributed by atoms with Gasteiger partial charge in [0.05, 0.1) is 28.9 Å². The number of hydrogen-bond donors (Lipinski definition) is 9. The van der Waals surface area contributed by atoms with Crippen LogP contribution in [0.5, 0.6) is 0 Å². The average Bonchev–Trinajstić information content (AvgIpc) is 1.89. The third kappa shape index (κ3) is 12.9. The number of amides is 3. The molecule has 14 rings (SSSR count). The monoisotopic (exact) mass is 1240 g/mol.